The molecule has 11 heteroatoms. The van der Waals surface area contributed by atoms with Gasteiger partial charge >= 0.3 is 5.97 Å². The highest BCUT2D eigenvalue weighted by Gasteiger charge is 2.44. The number of hydrogen-bond donors (Lipinski definition) is 1. The number of nitrogens with one attached hydrogen (secondary N) is 1. The summed E-state index contributed by atoms with van der Waals surface area (Å²) in [4.78, 5) is 46.8. The zero-order valence-corrected chi connectivity index (χ0v) is 29.0. The topological polar surface area (TPSA) is 101 Å². The van der Waals surface area contributed by atoms with Gasteiger partial charge in [0.15, 0.2) is 0 Å². The van der Waals surface area contributed by atoms with Gasteiger partial charge in [-0.1, -0.05) is 35.9 Å². The summed E-state index contributed by atoms with van der Waals surface area (Å²) in [7, 11) is 0. The van der Waals surface area contributed by atoms with E-state index in [9.17, 15) is 14.4 Å². The van der Waals surface area contributed by atoms with Gasteiger partial charge in [-0.15, -0.1) is 11.3 Å². The summed E-state index contributed by atoms with van der Waals surface area (Å²) in [6.07, 6.45) is 4.89. The fourth-order valence-corrected chi connectivity index (χ4v) is 8.03. The van der Waals surface area contributed by atoms with Gasteiger partial charge in [-0.05, 0) is 80.6 Å². The van der Waals surface area contributed by atoms with Crippen LogP contribution >= 0.6 is 22.9 Å². The summed E-state index contributed by atoms with van der Waals surface area (Å²) >= 11 is 7.89. The van der Waals surface area contributed by atoms with Crippen molar-refractivity contribution in [3.05, 3.63) is 93.5 Å². The number of amides is 2. The Balaban J connectivity index is 0.000000208. The first-order valence-electron chi connectivity index (χ1n) is 16.2. The SMILES string of the molecule is CCOC(=O)c1sc2c(c1Cl)CCN(C(=O)c1ccc(NC(C)=O)cc1)c1ccccc1-2.Cc1ccc(N2CC3(CCOCC3)C2)nc1. The highest BCUT2D eigenvalue weighted by atomic mass is 35.5. The number of hydrogen-bond acceptors (Lipinski definition) is 8. The van der Waals surface area contributed by atoms with Gasteiger partial charge in [0.05, 0.1) is 17.3 Å². The lowest BCUT2D eigenvalue weighted by Gasteiger charge is -2.52. The molecular formula is C37H39ClN4O5S. The highest BCUT2D eigenvalue weighted by molar-refractivity contribution is 7.18. The molecule has 2 amide bonds. The van der Waals surface area contributed by atoms with Crippen molar-refractivity contribution in [2.75, 3.05) is 54.6 Å². The molecule has 0 atom stereocenters. The molecule has 9 nitrogen and oxygen atoms in total. The number of para-hydroxylation sites is 1. The van der Waals surface area contributed by atoms with Gasteiger partial charge in [-0.25, -0.2) is 9.78 Å². The number of ether oxygens (including phenoxy) is 2. The minimum atomic E-state index is -0.430. The van der Waals surface area contributed by atoms with E-state index in [0.29, 0.717) is 39.5 Å². The Morgan fingerprint density at radius 2 is 1.77 bits per heavy atom. The molecule has 0 aliphatic carbocycles. The number of fused-ring (bicyclic) bond motifs is 3. The fourth-order valence-electron chi connectivity index (χ4n) is 6.42. The van der Waals surface area contributed by atoms with Crippen LogP contribution in [0.25, 0.3) is 10.4 Å². The monoisotopic (exact) mass is 686 g/mol. The Morgan fingerprint density at radius 1 is 1.04 bits per heavy atom. The maximum atomic E-state index is 13.4. The molecule has 1 spiro atoms. The van der Waals surface area contributed by atoms with Crippen molar-refractivity contribution >= 4 is 57.9 Å². The van der Waals surface area contributed by atoms with E-state index >= 15 is 0 Å². The Bertz CT molecular complexity index is 1790. The van der Waals surface area contributed by atoms with Crippen molar-refractivity contribution in [2.45, 2.75) is 40.0 Å². The van der Waals surface area contributed by atoms with Gasteiger partial charge in [0.2, 0.25) is 5.91 Å². The van der Waals surface area contributed by atoms with Gasteiger partial charge in [0, 0.05) is 73.1 Å². The van der Waals surface area contributed by atoms with E-state index in [-0.39, 0.29) is 18.4 Å². The predicted molar refractivity (Wildman–Crippen MR) is 191 cm³/mol. The van der Waals surface area contributed by atoms with E-state index in [1.54, 1.807) is 36.1 Å². The number of esters is 1. The minimum Gasteiger partial charge on any atom is -0.462 e. The van der Waals surface area contributed by atoms with Crippen molar-refractivity contribution in [3.8, 4) is 10.4 Å². The van der Waals surface area contributed by atoms with Gasteiger partial charge in [-0.2, -0.15) is 0 Å². The van der Waals surface area contributed by atoms with Crippen LogP contribution in [0.5, 0.6) is 0 Å². The van der Waals surface area contributed by atoms with E-state index in [1.807, 2.05) is 30.5 Å². The quantitative estimate of drug-likeness (QED) is 0.218. The van der Waals surface area contributed by atoms with Gasteiger partial charge < -0.3 is 24.6 Å². The molecule has 250 valence electrons. The van der Waals surface area contributed by atoms with E-state index in [0.717, 1.165) is 53.8 Å². The number of rotatable bonds is 5. The maximum absolute atomic E-state index is 13.4. The number of benzene rings is 2. The molecule has 0 bridgehead atoms. The molecule has 2 saturated heterocycles. The maximum Gasteiger partial charge on any atom is 0.349 e. The van der Waals surface area contributed by atoms with Crippen LogP contribution in [0.3, 0.4) is 0 Å². The summed E-state index contributed by atoms with van der Waals surface area (Å²) in [6.45, 7) is 10.2. The third-order valence-corrected chi connectivity index (χ3v) is 10.7. The number of halogens is 1. The van der Waals surface area contributed by atoms with Crippen molar-refractivity contribution in [3.63, 3.8) is 0 Å². The van der Waals surface area contributed by atoms with Gasteiger partial charge in [0.25, 0.3) is 5.91 Å². The zero-order valence-electron chi connectivity index (χ0n) is 27.4. The normalized spacial score (nSPS) is 16.0. The first-order chi connectivity index (χ1) is 23.2. The molecule has 4 aromatic rings. The average molecular weight is 687 g/mol. The van der Waals surface area contributed by atoms with Crippen molar-refractivity contribution in [1.82, 2.24) is 4.98 Å². The van der Waals surface area contributed by atoms with Crippen LogP contribution in [0.15, 0.2) is 66.9 Å². The van der Waals surface area contributed by atoms with Crippen molar-refractivity contribution in [1.29, 1.82) is 0 Å². The number of aromatic nitrogens is 1. The van der Waals surface area contributed by atoms with Crippen LogP contribution in [0, 0.1) is 12.3 Å². The summed E-state index contributed by atoms with van der Waals surface area (Å²) in [5.41, 5.74) is 5.36. The van der Waals surface area contributed by atoms with E-state index < -0.39 is 5.97 Å². The smallest absolute Gasteiger partial charge is 0.349 e. The van der Waals surface area contributed by atoms with Crippen LogP contribution < -0.4 is 15.1 Å². The lowest BCUT2D eigenvalue weighted by atomic mass is 9.73. The second-order valence-electron chi connectivity index (χ2n) is 12.4. The summed E-state index contributed by atoms with van der Waals surface area (Å²) in [5.74, 6) is 0.377. The summed E-state index contributed by atoms with van der Waals surface area (Å²) in [5, 5.41) is 3.09. The Hall–Kier alpha value is -4.25. The second kappa shape index (κ2) is 14.5. The van der Waals surface area contributed by atoms with Crippen LogP contribution in [-0.2, 0) is 20.7 Å². The van der Waals surface area contributed by atoms with E-state index in [1.165, 1.54) is 36.7 Å². The Morgan fingerprint density at radius 3 is 2.44 bits per heavy atom. The number of carbonyl (C=O) groups excluding carboxylic acids is 3. The largest absolute Gasteiger partial charge is 0.462 e. The molecule has 3 aliphatic heterocycles. The number of aryl methyl sites for hydroxylation is 1. The molecule has 0 unspecified atom stereocenters. The lowest BCUT2D eigenvalue weighted by molar-refractivity contribution is -0.114. The number of carbonyl (C=O) groups is 3. The third kappa shape index (κ3) is 7.11. The zero-order chi connectivity index (χ0) is 33.8. The summed E-state index contributed by atoms with van der Waals surface area (Å²) in [6, 6.07) is 18.7. The van der Waals surface area contributed by atoms with Crippen LogP contribution in [0.2, 0.25) is 5.02 Å². The molecular weight excluding hydrogens is 648 g/mol. The molecule has 2 aromatic carbocycles. The van der Waals surface area contributed by atoms with Gasteiger partial charge in [0.1, 0.15) is 10.7 Å². The molecule has 2 aromatic heterocycles. The van der Waals surface area contributed by atoms with E-state index in [2.05, 4.69) is 34.3 Å². The molecule has 7 rings (SSSR count). The molecule has 1 N–H and O–H groups in total. The molecule has 0 saturated carbocycles. The molecule has 48 heavy (non-hydrogen) atoms. The van der Waals surface area contributed by atoms with Gasteiger partial charge in [-0.3, -0.25) is 9.59 Å². The predicted octanol–water partition coefficient (Wildman–Crippen LogP) is 7.41. The first kappa shape index (κ1) is 33.6. The van der Waals surface area contributed by atoms with Crippen LogP contribution in [-0.4, -0.2) is 62.2 Å². The highest BCUT2D eigenvalue weighted by Crippen LogP contribution is 2.46. The second-order valence-corrected chi connectivity index (χ2v) is 13.8. The number of pyridine rings is 1. The minimum absolute atomic E-state index is 0.149. The standard InChI is InChI=1S/C24H21ClN2O4S.C13H18N2O/c1-3-31-24(30)22-20(25)18-12-13-27(19-7-5-4-6-17(19)21(18)32-22)23(29)15-8-10-16(11-9-15)26-14(2)28;1-11-2-3-12(14-8-11)15-9-13(10-15)4-6-16-7-5-13/h4-11H,3,12-13H2,1-2H3,(H,26,28);2-3,8H,4-7,9-10H2,1H3. The average Bonchev–Trinajstić information content (AvgIpc) is 3.31. The molecule has 2 fully saturated rings. The Labute approximate surface area is 289 Å². The Kier molecular flexibility index (Phi) is 10.1. The number of anilines is 3. The van der Waals surface area contributed by atoms with Crippen molar-refractivity contribution in [2.24, 2.45) is 5.41 Å². The summed E-state index contributed by atoms with van der Waals surface area (Å²) < 4.78 is 10.6. The van der Waals surface area contributed by atoms with Crippen molar-refractivity contribution < 1.29 is 23.9 Å². The van der Waals surface area contributed by atoms with E-state index in [4.69, 9.17) is 21.1 Å². The third-order valence-electron chi connectivity index (χ3n) is 8.95. The fraction of sp³-hybridized carbons (Fsp3) is 0.351. The number of nitrogens with zero attached hydrogens (tertiary/aromatic N) is 3. The lowest BCUT2D eigenvalue weighted by Crippen LogP contribution is -2.58. The molecule has 0 radical (unpaired) electrons. The number of thiophene rings is 1. The molecule has 5 heterocycles. The van der Waals surface area contributed by atoms with Crippen LogP contribution in [0.4, 0.5) is 17.2 Å². The molecule has 3 aliphatic rings. The van der Waals surface area contributed by atoms with Crippen LogP contribution in [0.1, 0.15) is 57.8 Å². The first-order valence-corrected chi connectivity index (χ1v) is 17.4.